The second kappa shape index (κ2) is 10.8. The molecule has 36 heavy (non-hydrogen) atoms. The van der Waals surface area contributed by atoms with E-state index in [0.29, 0.717) is 6.54 Å². The summed E-state index contributed by atoms with van der Waals surface area (Å²) in [5.41, 5.74) is 13.1. The standard InChI is InChI=1S/C34H38N2/c1-28-17-19-29(20-18-28)33(27-35)21-24-36(25-22-33)26-23-34(30-11-5-2-6-12-30,31-13-7-3-8-14-31)32-15-9-4-10-16-32/h2-20H,21-27,35H2,1H3. The van der Waals surface area contributed by atoms with Crippen molar-refractivity contribution < 1.29 is 0 Å². The third-order valence-electron chi connectivity index (χ3n) is 8.47. The van der Waals surface area contributed by atoms with Crippen molar-refractivity contribution in [2.75, 3.05) is 26.2 Å². The molecule has 0 atom stereocenters. The molecular weight excluding hydrogens is 436 g/mol. The predicted octanol–water partition coefficient (Wildman–Crippen LogP) is 6.71. The Balaban J connectivity index is 1.43. The number of hydrogen-bond acceptors (Lipinski definition) is 2. The number of benzene rings is 4. The first-order valence-corrected chi connectivity index (χ1v) is 13.3. The van der Waals surface area contributed by atoms with Crippen molar-refractivity contribution >= 4 is 0 Å². The highest BCUT2D eigenvalue weighted by atomic mass is 15.1. The molecule has 1 fully saturated rings. The lowest BCUT2D eigenvalue weighted by molar-refractivity contribution is 0.155. The normalized spacial score (nSPS) is 16.1. The van der Waals surface area contributed by atoms with E-state index in [1.165, 1.54) is 27.8 Å². The number of nitrogens with zero attached hydrogens (tertiary/aromatic N) is 1. The number of nitrogens with two attached hydrogens (primary N) is 1. The minimum absolute atomic E-state index is 0.0968. The van der Waals surface area contributed by atoms with Crippen molar-refractivity contribution in [1.29, 1.82) is 0 Å². The number of hydrogen-bond donors (Lipinski definition) is 1. The summed E-state index contributed by atoms with van der Waals surface area (Å²) >= 11 is 0. The summed E-state index contributed by atoms with van der Waals surface area (Å²) < 4.78 is 0. The van der Waals surface area contributed by atoms with Crippen LogP contribution in [0.5, 0.6) is 0 Å². The summed E-state index contributed by atoms with van der Waals surface area (Å²) in [4.78, 5) is 2.66. The van der Waals surface area contributed by atoms with E-state index >= 15 is 0 Å². The molecule has 4 aromatic rings. The predicted molar refractivity (Wildman–Crippen MR) is 151 cm³/mol. The quantitative estimate of drug-likeness (QED) is 0.288. The van der Waals surface area contributed by atoms with Gasteiger partial charge in [-0.15, -0.1) is 0 Å². The average molecular weight is 475 g/mol. The lowest BCUT2D eigenvalue weighted by Crippen LogP contribution is -2.47. The third kappa shape index (κ3) is 4.76. The molecule has 2 nitrogen and oxygen atoms in total. The maximum absolute atomic E-state index is 6.41. The molecule has 4 aromatic carbocycles. The van der Waals surface area contributed by atoms with Crippen LogP contribution < -0.4 is 5.73 Å². The number of rotatable bonds is 8. The Morgan fingerprint density at radius 1 is 0.667 bits per heavy atom. The van der Waals surface area contributed by atoms with Gasteiger partial charge in [-0.1, -0.05) is 121 Å². The van der Waals surface area contributed by atoms with Crippen molar-refractivity contribution in [3.63, 3.8) is 0 Å². The highest BCUT2D eigenvalue weighted by Crippen LogP contribution is 2.43. The van der Waals surface area contributed by atoms with Gasteiger partial charge in [0, 0.05) is 17.4 Å². The Hall–Kier alpha value is -3.20. The van der Waals surface area contributed by atoms with Gasteiger partial charge >= 0.3 is 0 Å². The van der Waals surface area contributed by atoms with E-state index in [1.54, 1.807) is 0 Å². The first-order chi connectivity index (χ1) is 17.7. The topological polar surface area (TPSA) is 29.3 Å². The Morgan fingerprint density at radius 3 is 1.53 bits per heavy atom. The maximum atomic E-state index is 6.41. The summed E-state index contributed by atoms with van der Waals surface area (Å²) in [6, 6.07) is 42.2. The third-order valence-corrected chi connectivity index (χ3v) is 8.47. The van der Waals surface area contributed by atoms with Gasteiger partial charge in [0.2, 0.25) is 0 Å². The van der Waals surface area contributed by atoms with Crippen molar-refractivity contribution in [3.8, 4) is 0 Å². The molecule has 0 spiro atoms. The molecule has 1 aliphatic heterocycles. The first-order valence-electron chi connectivity index (χ1n) is 13.3. The fourth-order valence-corrected chi connectivity index (χ4v) is 6.15. The van der Waals surface area contributed by atoms with Crippen molar-refractivity contribution in [2.45, 2.75) is 37.0 Å². The van der Waals surface area contributed by atoms with Gasteiger partial charge in [-0.25, -0.2) is 0 Å². The van der Waals surface area contributed by atoms with Crippen LogP contribution in [0.4, 0.5) is 0 Å². The monoisotopic (exact) mass is 474 g/mol. The molecule has 1 saturated heterocycles. The lowest BCUT2D eigenvalue weighted by atomic mass is 9.67. The molecule has 0 radical (unpaired) electrons. The van der Waals surface area contributed by atoms with Crippen LogP contribution in [0.2, 0.25) is 0 Å². The van der Waals surface area contributed by atoms with Crippen molar-refractivity contribution in [2.24, 2.45) is 5.73 Å². The number of aryl methyl sites for hydroxylation is 1. The Bertz CT molecular complexity index is 1110. The molecule has 0 amide bonds. The van der Waals surface area contributed by atoms with Gasteiger partial charge < -0.3 is 10.6 Å². The van der Waals surface area contributed by atoms with Gasteiger partial charge in [0.25, 0.3) is 0 Å². The van der Waals surface area contributed by atoms with Crippen LogP contribution in [0.15, 0.2) is 115 Å². The van der Waals surface area contributed by atoms with Gasteiger partial charge in [0.15, 0.2) is 0 Å². The van der Waals surface area contributed by atoms with Crippen LogP contribution >= 0.6 is 0 Å². The molecule has 0 unspecified atom stereocenters. The SMILES string of the molecule is Cc1ccc(C2(CN)CCN(CCC(c3ccccc3)(c3ccccc3)c3ccccc3)CC2)cc1. The van der Waals surface area contributed by atoms with E-state index in [-0.39, 0.29) is 10.8 Å². The van der Waals surface area contributed by atoms with Crippen LogP contribution in [0.1, 0.15) is 47.1 Å². The van der Waals surface area contributed by atoms with E-state index in [9.17, 15) is 0 Å². The second-order valence-electron chi connectivity index (χ2n) is 10.4. The fourth-order valence-electron chi connectivity index (χ4n) is 6.15. The molecule has 0 aromatic heterocycles. The van der Waals surface area contributed by atoms with Crippen LogP contribution in [0, 0.1) is 6.92 Å². The summed E-state index contributed by atoms with van der Waals surface area (Å²) in [5.74, 6) is 0. The summed E-state index contributed by atoms with van der Waals surface area (Å²) in [7, 11) is 0. The number of piperidine rings is 1. The van der Waals surface area contributed by atoms with E-state index in [2.05, 4.69) is 127 Å². The van der Waals surface area contributed by atoms with Crippen LogP contribution in [-0.2, 0) is 10.8 Å². The van der Waals surface area contributed by atoms with Gasteiger partial charge in [0.05, 0.1) is 0 Å². The molecule has 1 aliphatic rings. The molecule has 0 bridgehead atoms. The minimum atomic E-state index is -0.191. The Morgan fingerprint density at radius 2 is 1.11 bits per heavy atom. The molecular formula is C34H38N2. The second-order valence-corrected chi connectivity index (χ2v) is 10.4. The number of likely N-dealkylation sites (tertiary alicyclic amines) is 1. The average Bonchev–Trinajstić information content (AvgIpc) is 2.96. The van der Waals surface area contributed by atoms with Gasteiger partial charge in [-0.2, -0.15) is 0 Å². The van der Waals surface area contributed by atoms with Gasteiger partial charge in [-0.05, 0) is 68.1 Å². The van der Waals surface area contributed by atoms with Crippen LogP contribution in [0.25, 0.3) is 0 Å². The van der Waals surface area contributed by atoms with Crippen LogP contribution in [0.3, 0.4) is 0 Å². The van der Waals surface area contributed by atoms with E-state index in [4.69, 9.17) is 5.73 Å². The van der Waals surface area contributed by atoms with E-state index in [1.807, 2.05) is 0 Å². The summed E-state index contributed by atoms with van der Waals surface area (Å²) in [6.07, 6.45) is 3.26. The van der Waals surface area contributed by atoms with E-state index < -0.39 is 0 Å². The van der Waals surface area contributed by atoms with Crippen LogP contribution in [-0.4, -0.2) is 31.1 Å². The largest absolute Gasteiger partial charge is 0.330 e. The zero-order valence-corrected chi connectivity index (χ0v) is 21.4. The molecule has 1 heterocycles. The maximum Gasteiger partial charge on any atom is 0.0463 e. The highest BCUT2D eigenvalue weighted by molar-refractivity contribution is 5.50. The molecule has 0 saturated carbocycles. The molecule has 2 N–H and O–H groups in total. The highest BCUT2D eigenvalue weighted by Gasteiger charge is 2.39. The smallest absolute Gasteiger partial charge is 0.0463 e. The van der Waals surface area contributed by atoms with E-state index in [0.717, 1.165) is 38.9 Å². The zero-order chi connectivity index (χ0) is 24.8. The molecule has 5 rings (SSSR count). The zero-order valence-electron chi connectivity index (χ0n) is 21.4. The lowest BCUT2D eigenvalue weighted by Gasteiger charge is -2.43. The van der Waals surface area contributed by atoms with Crippen molar-refractivity contribution in [1.82, 2.24) is 4.90 Å². The van der Waals surface area contributed by atoms with Gasteiger partial charge in [-0.3, -0.25) is 0 Å². The Kier molecular flexibility index (Phi) is 7.36. The summed E-state index contributed by atoms with van der Waals surface area (Å²) in [5, 5.41) is 0. The Labute approximate surface area is 216 Å². The summed E-state index contributed by atoms with van der Waals surface area (Å²) in [6.45, 7) is 6.08. The molecule has 0 aliphatic carbocycles. The fraction of sp³-hybridized carbons (Fsp3) is 0.294. The first kappa shape index (κ1) is 24.5. The molecule has 2 heteroatoms. The minimum Gasteiger partial charge on any atom is -0.330 e. The van der Waals surface area contributed by atoms with Crippen molar-refractivity contribution in [3.05, 3.63) is 143 Å². The van der Waals surface area contributed by atoms with Gasteiger partial charge in [0.1, 0.15) is 0 Å². The molecule has 184 valence electrons.